The number of esters is 1. The highest BCUT2D eigenvalue weighted by Crippen LogP contribution is 2.36. The zero-order valence-corrected chi connectivity index (χ0v) is 25.7. The highest BCUT2D eigenvalue weighted by Gasteiger charge is 2.35. The summed E-state index contributed by atoms with van der Waals surface area (Å²) >= 11 is 2.77. The maximum Gasteiger partial charge on any atom is 0.338 e. The van der Waals surface area contributed by atoms with Crippen LogP contribution in [0.25, 0.3) is 11.8 Å². The summed E-state index contributed by atoms with van der Waals surface area (Å²) in [5.74, 6) is 0.201. The third-order valence-corrected chi connectivity index (χ3v) is 9.11. The summed E-state index contributed by atoms with van der Waals surface area (Å²) in [4.78, 5) is 33.7. The van der Waals surface area contributed by atoms with Gasteiger partial charge in [0, 0.05) is 16.0 Å². The molecule has 1 unspecified atom stereocenters. The average Bonchev–Trinajstić information content (AvgIpc) is 3.69. The normalized spacial score (nSPS) is 14.5. The molecule has 9 heteroatoms. The van der Waals surface area contributed by atoms with Crippen LogP contribution in [-0.2, 0) is 16.1 Å². The van der Waals surface area contributed by atoms with Crippen molar-refractivity contribution < 1.29 is 14.3 Å². The number of hydrogen-bond acceptors (Lipinski definition) is 8. The number of ether oxygens (including phenoxy) is 2. The predicted octanol–water partition coefficient (Wildman–Crippen LogP) is 5.76. The first-order valence-electron chi connectivity index (χ1n) is 14.0. The van der Waals surface area contributed by atoms with Crippen LogP contribution in [-0.4, -0.2) is 17.1 Å². The Balaban J connectivity index is 1.42. The lowest BCUT2D eigenvalue weighted by atomic mass is 9.97. The molecule has 0 bridgehead atoms. The molecule has 3 aromatic carbocycles. The van der Waals surface area contributed by atoms with Crippen molar-refractivity contribution in [3.8, 4) is 11.8 Å². The molecule has 6 rings (SSSR count). The minimum absolute atomic E-state index is 0.204. The van der Waals surface area contributed by atoms with E-state index >= 15 is 0 Å². The molecule has 0 N–H and O–H groups in total. The van der Waals surface area contributed by atoms with Gasteiger partial charge in [0.25, 0.3) is 5.56 Å². The standard InChI is InChI=1S/C35H27N3O4S2/c1-3-41-34(40)30-31(24-10-5-4-6-11-24)37-35-38(32(30)28-14-9-17-43-28)33(39)29(44-35)19-23-15-16-27(22(2)18-23)42-21-26-13-8-7-12-25(26)20-36/h4-19,32H,3,21H2,1-2H3/b29-19-. The second kappa shape index (κ2) is 12.7. The van der Waals surface area contributed by atoms with Gasteiger partial charge in [0.15, 0.2) is 4.80 Å². The van der Waals surface area contributed by atoms with E-state index in [0.29, 0.717) is 31.9 Å². The third kappa shape index (κ3) is 5.65. The second-order valence-electron chi connectivity index (χ2n) is 10.0. The van der Waals surface area contributed by atoms with Crippen molar-refractivity contribution in [1.82, 2.24) is 4.57 Å². The molecule has 1 aliphatic heterocycles. The molecule has 7 nitrogen and oxygen atoms in total. The summed E-state index contributed by atoms with van der Waals surface area (Å²) in [6.45, 7) is 4.19. The number of carbonyl (C=O) groups is 1. The summed E-state index contributed by atoms with van der Waals surface area (Å²) < 4.78 is 13.6. The number of thiophene rings is 1. The molecular formula is C35H27N3O4S2. The number of nitrogens with zero attached hydrogens (tertiary/aromatic N) is 3. The number of carbonyl (C=O) groups excluding carboxylic acids is 1. The Morgan fingerprint density at radius 2 is 1.86 bits per heavy atom. The summed E-state index contributed by atoms with van der Waals surface area (Å²) in [5.41, 5.74) is 4.52. The fourth-order valence-corrected chi connectivity index (χ4v) is 6.97. The van der Waals surface area contributed by atoms with Crippen molar-refractivity contribution in [2.45, 2.75) is 26.5 Å². The van der Waals surface area contributed by atoms with Gasteiger partial charge in [0.1, 0.15) is 18.4 Å². The number of fused-ring (bicyclic) bond motifs is 1. The van der Waals surface area contributed by atoms with Crippen molar-refractivity contribution in [2.75, 3.05) is 6.61 Å². The van der Waals surface area contributed by atoms with Gasteiger partial charge in [-0.25, -0.2) is 9.79 Å². The van der Waals surface area contributed by atoms with Crippen molar-refractivity contribution in [2.24, 2.45) is 4.99 Å². The minimum atomic E-state index is -0.670. The average molecular weight is 618 g/mol. The summed E-state index contributed by atoms with van der Waals surface area (Å²) in [6.07, 6.45) is 1.84. The van der Waals surface area contributed by atoms with Crippen LogP contribution in [0.1, 0.15) is 45.7 Å². The Morgan fingerprint density at radius 3 is 2.59 bits per heavy atom. The monoisotopic (exact) mass is 617 g/mol. The molecule has 0 fully saturated rings. The number of nitriles is 1. The maximum atomic E-state index is 14.0. The van der Waals surface area contributed by atoms with Crippen molar-refractivity contribution >= 4 is 40.4 Å². The smallest absolute Gasteiger partial charge is 0.338 e. The van der Waals surface area contributed by atoms with E-state index in [9.17, 15) is 14.9 Å². The number of rotatable bonds is 8. The van der Waals surface area contributed by atoms with E-state index in [-0.39, 0.29) is 18.8 Å². The van der Waals surface area contributed by atoms with E-state index in [4.69, 9.17) is 14.5 Å². The van der Waals surface area contributed by atoms with Crippen LogP contribution in [0.15, 0.2) is 106 Å². The Bertz CT molecular complexity index is 2100. The van der Waals surface area contributed by atoms with E-state index in [0.717, 1.165) is 27.1 Å². The number of aryl methyl sites for hydroxylation is 1. The molecule has 44 heavy (non-hydrogen) atoms. The molecule has 2 aromatic heterocycles. The molecule has 0 saturated carbocycles. The van der Waals surface area contributed by atoms with Crippen LogP contribution < -0.4 is 19.6 Å². The summed E-state index contributed by atoms with van der Waals surface area (Å²) in [6, 6.07) is 28.0. The quantitative estimate of drug-likeness (QED) is 0.207. The Morgan fingerprint density at radius 1 is 1.07 bits per heavy atom. The van der Waals surface area contributed by atoms with Gasteiger partial charge in [-0.3, -0.25) is 9.36 Å². The van der Waals surface area contributed by atoms with E-state index in [1.807, 2.05) is 97.2 Å². The van der Waals surface area contributed by atoms with Gasteiger partial charge in [-0.2, -0.15) is 5.26 Å². The van der Waals surface area contributed by atoms with Gasteiger partial charge < -0.3 is 9.47 Å². The molecule has 0 spiro atoms. The molecule has 1 atom stereocenters. The van der Waals surface area contributed by atoms with Gasteiger partial charge in [-0.1, -0.05) is 72.0 Å². The first-order valence-corrected chi connectivity index (χ1v) is 15.7. The molecule has 5 aromatic rings. The van der Waals surface area contributed by atoms with Gasteiger partial charge in [-0.15, -0.1) is 11.3 Å². The van der Waals surface area contributed by atoms with E-state index in [1.54, 1.807) is 17.6 Å². The first kappa shape index (κ1) is 29.1. The molecule has 0 aliphatic carbocycles. The minimum Gasteiger partial charge on any atom is -0.489 e. The second-order valence-corrected chi connectivity index (χ2v) is 12.0. The topological polar surface area (TPSA) is 93.7 Å². The molecule has 0 radical (unpaired) electrons. The molecular weight excluding hydrogens is 591 g/mol. The zero-order valence-electron chi connectivity index (χ0n) is 24.0. The number of aromatic nitrogens is 1. The Hall–Kier alpha value is -5.04. The Kier molecular flexibility index (Phi) is 8.37. The van der Waals surface area contributed by atoms with Crippen LogP contribution >= 0.6 is 22.7 Å². The van der Waals surface area contributed by atoms with Crippen molar-refractivity contribution in [3.63, 3.8) is 0 Å². The van der Waals surface area contributed by atoms with Crippen LogP contribution in [0.3, 0.4) is 0 Å². The summed E-state index contributed by atoms with van der Waals surface area (Å²) in [7, 11) is 0. The predicted molar refractivity (Wildman–Crippen MR) is 172 cm³/mol. The fourth-order valence-electron chi connectivity index (χ4n) is 5.14. The SMILES string of the molecule is CCOC(=O)C1=C(c2ccccc2)N=c2s/c(=C\c3ccc(OCc4ccccc4C#N)c(C)c3)c(=O)n2C1c1cccs1. The number of thiazole rings is 1. The lowest BCUT2D eigenvalue weighted by Gasteiger charge is -2.24. The van der Waals surface area contributed by atoms with Crippen molar-refractivity contribution in [1.29, 1.82) is 5.26 Å². The zero-order chi connectivity index (χ0) is 30.6. The van der Waals surface area contributed by atoms with Crippen LogP contribution in [0.4, 0.5) is 0 Å². The molecule has 1 aliphatic rings. The molecule has 0 saturated heterocycles. The maximum absolute atomic E-state index is 14.0. The van der Waals surface area contributed by atoms with Gasteiger partial charge in [0.2, 0.25) is 0 Å². The highest BCUT2D eigenvalue weighted by molar-refractivity contribution is 7.10. The highest BCUT2D eigenvalue weighted by atomic mass is 32.1. The lowest BCUT2D eigenvalue weighted by molar-refractivity contribution is -0.138. The first-order chi connectivity index (χ1) is 21.5. The van der Waals surface area contributed by atoms with Crippen LogP contribution in [0.2, 0.25) is 0 Å². The summed E-state index contributed by atoms with van der Waals surface area (Å²) in [5, 5.41) is 11.3. The molecule has 3 heterocycles. The van der Waals surface area contributed by atoms with E-state index < -0.39 is 12.0 Å². The fraction of sp³-hybridized carbons (Fsp3) is 0.143. The van der Waals surface area contributed by atoms with Gasteiger partial charge >= 0.3 is 5.97 Å². The Labute approximate surface area is 261 Å². The lowest BCUT2D eigenvalue weighted by Crippen LogP contribution is -2.39. The largest absolute Gasteiger partial charge is 0.489 e. The number of benzene rings is 3. The van der Waals surface area contributed by atoms with Crippen molar-refractivity contribution in [3.05, 3.63) is 148 Å². The third-order valence-electron chi connectivity index (χ3n) is 7.20. The molecule has 0 amide bonds. The van der Waals surface area contributed by atoms with Gasteiger partial charge in [0.05, 0.1) is 34.0 Å². The van der Waals surface area contributed by atoms with E-state index in [2.05, 4.69) is 6.07 Å². The molecule has 218 valence electrons. The number of hydrogen-bond donors (Lipinski definition) is 0. The van der Waals surface area contributed by atoms with Gasteiger partial charge in [-0.05, 0) is 60.7 Å². The van der Waals surface area contributed by atoms with Crippen LogP contribution in [0.5, 0.6) is 5.75 Å². The van der Waals surface area contributed by atoms with E-state index in [1.165, 1.54) is 22.7 Å². The van der Waals surface area contributed by atoms with Crippen LogP contribution in [0, 0.1) is 18.3 Å².